The summed E-state index contributed by atoms with van der Waals surface area (Å²) in [5.74, 6) is -2.72. The number of nitrogens with zero attached hydrogens (tertiary/aromatic N) is 1. The summed E-state index contributed by atoms with van der Waals surface area (Å²) >= 11 is 0. The van der Waals surface area contributed by atoms with E-state index in [2.05, 4.69) is 5.32 Å². The second-order valence-corrected chi connectivity index (χ2v) is 5.23. The van der Waals surface area contributed by atoms with E-state index in [1.165, 1.54) is 11.8 Å². The third-order valence-corrected chi connectivity index (χ3v) is 3.34. The van der Waals surface area contributed by atoms with E-state index in [1.807, 2.05) is 6.92 Å². The van der Waals surface area contributed by atoms with Crippen molar-refractivity contribution < 1.29 is 29.3 Å². The molecule has 0 spiro atoms. The number of rotatable bonds is 7. The molecule has 130 valence electrons. The quantitative estimate of drug-likeness (QED) is 0.441. The Bertz CT molecular complexity index is 487. The van der Waals surface area contributed by atoms with Gasteiger partial charge in [0.15, 0.2) is 6.10 Å². The summed E-state index contributed by atoms with van der Waals surface area (Å²) in [6.07, 6.45) is 0.544. The van der Waals surface area contributed by atoms with Crippen molar-refractivity contribution in [2.24, 2.45) is 5.73 Å². The number of hydrogen-bond acceptors (Lipinski definition) is 6. The van der Waals surface area contributed by atoms with Crippen molar-refractivity contribution in [3.8, 4) is 0 Å². The zero-order valence-electron chi connectivity index (χ0n) is 13.2. The smallest absolute Gasteiger partial charge is 0.370 e. The maximum atomic E-state index is 12.6. The van der Waals surface area contributed by atoms with Crippen molar-refractivity contribution >= 4 is 17.8 Å². The van der Waals surface area contributed by atoms with E-state index in [1.54, 1.807) is 0 Å². The first-order chi connectivity index (χ1) is 10.8. The van der Waals surface area contributed by atoms with Crippen molar-refractivity contribution in [1.82, 2.24) is 10.2 Å². The summed E-state index contributed by atoms with van der Waals surface area (Å²) in [7, 11) is 0. The average molecular weight is 329 g/mol. The topological polar surface area (TPSA) is 142 Å². The van der Waals surface area contributed by atoms with Crippen molar-refractivity contribution in [2.75, 3.05) is 19.7 Å². The van der Waals surface area contributed by atoms with Crippen LogP contribution in [-0.2, 0) is 19.1 Å². The molecule has 0 fully saturated rings. The van der Waals surface area contributed by atoms with Gasteiger partial charge in [0.25, 0.3) is 5.91 Å². The zero-order valence-corrected chi connectivity index (χ0v) is 13.2. The molecule has 0 unspecified atom stereocenters. The van der Waals surface area contributed by atoms with Gasteiger partial charge in [-0.05, 0) is 12.5 Å². The molecular weight excluding hydrogens is 306 g/mol. The lowest BCUT2D eigenvalue weighted by Crippen LogP contribution is -2.61. The standard InChI is InChI=1S/C14H23N3O6/c1-3-4-17(5-6-18)13(20)12-11(16-8(2)19)9(15)7-10(23-12)14(21)22/h7,9,11-12,18H,3-6,15H2,1-2H3,(H,16,19)(H,21,22)/t9-,11+,12+/m0/s1. The fourth-order valence-electron chi connectivity index (χ4n) is 2.36. The lowest BCUT2D eigenvalue weighted by Gasteiger charge is -2.36. The molecule has 0 aromatic carbocycles. The number of carbonyl (C=O) groups is 3. The predicted molar refractivity (Wildman–Crippen MR) is 80.1 cm³/mol. The molecule has 0 saturated carbocycles. The molecule has 3 atom stereocenters. The van der Waals surface area contributed by atoms with E-state index >= 15 is 0 Å². The highest BCUT2D eigenvalue weighted by atomic mass is 16.5. The number of amides is 2. The van der Waals surface area contributed by atoms with Crippen LogP contribution in [0.1, 0.15) is 20.3 Å². The van der Waals surface area contributed by atoms with Gasteiger partial charge < -0.3 is 30.9 Å². The molecule has 1 aliphatic heterocycles. The molecule has 23 heavy (non-hydrogen) atoms. The Morgan fingerprint density at radius 3 is 2.52 bits per heavy atom. The van der Waals surface area contributed by atoms with Crippen molar-refractivity contribution in [3.05, 3.63) is 11.8 Å². The van der Waals surface area contributed by atoms with E-state index in [9.17, 15) is 14.4 Å². The zero-order chi connectivity index (χ0) is 17.6. The molecule has 9 nitrogen and oxygen atoms in total. The lowest BCUT2D eigenvalue weighted by atomic mass is 9.97. The molecule has 0 aromatic heterocycles. The minimum Gasteiger partial charge on any atom is -0.475 e. The van der Waals surface area contributed by atoms with Gasteiger partial charge in [-0.1, -0.05) is 6.92 Å². The molecule has 2 amide bonds. The second kappa shape index (κ2) is 8.49. The molecule has 9 heteroatoms. The molecular formula is C14H23N3O6. The van der Waals surface area contributed by atoms with Gasteiger partial charge in [0.1, 0.15) is 0 Å². The fourth-order valence-corrected chi connectivity index (χ4v) is 2.36. The summed E-state index contributed by atoms with van der Waals surface area (Å²) < 4.78 is 5.26. The Kier molecular flexibility index (Phi) is 6.98. The van der Waals surface area contributed by atoms with E-state index in [0.29, 0.717) is 13.0 Å². The Labute approximate surface area is 134 Å². The number of hydrogen-bond donors (Lipinski definition) is 4. The van der Waals surface area contributed by atoms with E-state index in [4.69, 9.17) is 20.7 Å². The highest BCUT2D eigenvalue weighted by Gasteiger charge is 2.41. The highest BCUT2D eigenvalue weighted by molar-refractivity contribution is 5.88. The third-order valence-electron chi connectivity index (χ3n) is 3.34. The van der Waals surface area contributed by atoms with E-state index < -0.39 is 41.7 Å². The van der Waals surface area contributed by atoms with Crippen LogP contribution in [0.5, 0.6) is 0 Å². The van der Waals surface area contributed by atoms with Crippen LogP contribution in [-0.4, -0.2) is 70.8 Å². The van der Waals surface area contributed by atoms with Gasteiger partial charge in [-0.2, -0.15) is 0 Å². The molecule has 1 heterocycles. The monoisotopic (exact) mass is 329 g/mol. The van der Waals surface area contributed by atoms with E-state index in [-0.39, 0.29) is 13.2 Å². The molecule has 0 saturated heterocycles. The largest absolute Gasteiger partial charge is 0.475 e. The Balaban J connectivity index is 3.09. The van der Waals surface area contributed by atoms with Gasteiger partial charge in [0.2, 0.25) is 11.7 Å². The Morgan fingerprint density at radius 1 is 1.39 bits per heavy atom. The number of carboxylic acids is 1. The number of carbonyl (C=O) groups excluding carboxylic acids is 2. The van der Waals surface area contributed by atoms with Crippen LogP contribution in [0.3, 0.4) is 0 Å². The Hall–Kier alpha value is -2.13. The molecule has 5 N–H and O–H groups in total. The van der Waals surface area contributed by atoms with Crippen LogP contribution in [0.25, 0.3) is 0 Å². The number of nitrogens with one attached hydrogen (secondary N) is 1. The number of aliphatic carboxylic acids is 1. The van der Waals surface area contributed by atoms with Crippen molar-refractivity contribution in [1.29, 1.82) is 0 Å². The van der Waals surface area contributed by atoms with Gasteiger partial charge in [-0.3, -0.25) is 9.59 Å². The number of nitrogens with two attached hydrogens (primary N) is 1. The van der Waals surface area contributed by atoms with Crippen LogP contribution < -0.4 is 11.1 Å². The van der Waals surface area contributed by atoms with E-state index in [0.717, 1.165) is 6.08 Å². The number of aliphatic hydroxyl groups excluding tert-OH is 1. The summed E-state index contributed by atoms with van der Waals surface area (Å²) in [6, 6.07) is -1.77. The van der Waals surface area contributed by atoms with Crippen LogP contribution >= 0.6 is 0 Å². The molecule has 1 rings (SSSR count). The minimum absolute atomic E-state index is 0.0840. The SMILES string of the molecule is CCCN(CCO)C(=O)[C@@H]1OC(C(=O)O)=C[C@H](N)[C@H]1NC(C)=O. The van der Waals surface area contributed by atoms with Gasteiger partial charge in [0, 0.05) is 20.0 Å². The first-order valence-corrected chi connectivity index (χ1v) is 7.35. The van der Waals surface area contributed by atoms with Crippen LogP contribution in [0, 0.1) is 0 Å². The van der Waals surface area contributed by atoms with Gasteiger partial charge in [0.05, 0.1) is 18.7 Å². The third kappa shape index (κ3) is 4.93. The number of ether oxygens (including phenoxy) is 1. The minimum atomic E-state index is -1.34. The number of aliphatic hydroxyl groups is 1. The summed E-state index contributed by atoms with van der Waals surface area (Å²) in [5, 5.41) is 20.7. The highest BCUT2D eigenvalue weighted by Crippen LogP contribution is 2.20. The van der Waals surface area contributed by atoms with Gasteiger partial charge in [-0.15, -0.1) is 0 Å². The maximum absolute atomic E-state index is 12.6. The van der Waals surface area contributed by atoms with Gasteiger partial charge in [-0.25, -0.2) is 4.79 Å². The molecule has 1 aliphatic rings. The first-order valence-electron chi connectivity index (χ1n) is 7.35. The summed E-state index contributed by atoms with van der Waals surface area (Å²) in [6.45, 7) is 3.34. The predicted octanol–water partition coefficient (Wildman–Crippen LogP) is -1.58. The molecule has 0 aromatic rings. The summed E-state index contributed by atoms with van der Waals surface area (Å²) in [4.78, 5) is 36.5. The molecule has 0 bridgehead atoms. The average Bonchev–Trinajstić information content (AvgIpc) is 2.47. The van der Waals surface area contributed by atoms with Gasteiger partial charge >= 0.3 is 5.97 Å². The molecule has 0 radical (unpaired) electrons. The van der Waals surface area contributed by atoms with Crippen LogP contribution in [0.2, 0.25) is 0 Å². The Morgan fingerprint density at radius 2 is 2.04 bits per heavy atom. The lowest BCUT2D eigenvalue weighted by molar-refractivity contribution is -0.149. The molecule has 0 aliphatic carbocycles. The second-order valence-electron chi connectivity index (χ2n) is 5.23. The van der Waals surface area contributed by atoms with Crippen molar-refractivity contribution in [3.63, 3.8) is 0 Å². The van der Waals surface area contributed by atoms with Crippen molar-refractivity contribution in [2.45, 2.75) is 38.5 Å². The fraction of sp³-hybridized carbons (Fsp3) is 0.643. The number of carboxylic acid groups (broad SMARTS) is 1. The van der Waals surface area contributed by atoms with Crippen LogP contribution in [0.4, 0.5) is 0 Å². The maximum Gasteiger partial charge on any atom is 0.370 e. The normalized spacial score (nSPS) is 23.5. The summed E-state index contributed by atoms with van der Waals surface area (Å²) in [5.41, 5.74) is 5.88. The first kappa shape index (κ1) is 18.9. The van der Waals surface area contributed by atoms with Crippen LogP contribution in [0.15, 0.2) is 11.8 Å².